The number of fused-ring (bicyclic) bond motifs is 5. The number of methoxy groups -OCH3 is 1. The third-order valence-corrected chi connectivity index (χ3v) is 10.7. The molecule has 4 saturated carbocycles. The van der Waals surface area contributed by atoms with Gasteiger partial charge in [-0.2, -0.15) is 5.26 Å². The van der Waals surface area contributed by atoms with E-state index in [0.29, 0.717) is 29.7 Å². The van der Waals surface area contributed by atoms with Crippen molar-refractivity contribution in [3.63, 3.8) is 0 Å². The molecule has 9 atom stereocenters. The van der Waals surface area contributed by atoms with Crippen LogP contribution in [0.3, 0.4) is 0 Å². The lowest BCUT2D eigenvalue weighted by molar-refractivity contribution is -0.125. The van der Waals surface area contributed by atoms with Crippen molar-refractivity contribution in [2.45, 2.75) is 83.3 Å². The number of nitriles is 1. The lowest BCUT2D eigenvalue weighted by Crippen LogP contribution is -2.53. The highest BCUT2D eigenvalue weighted by molar-refractivity contribution is 5.94. The number of carbonyl (C=O) groups excluding carboxylic acids is 1. The van der Waals surface area contributed by atoms with Crippen LogP contribution in [0, 0.1) is 52.3 Å². The molecule has 4 fully saturated rings. The summed E-state index contributed by atoms with van der Waals surface area (Å²) < 4.78 is 5.34. The fourth-order valence-electron chi connectivity index (χ4n) is 9.21. The SMILES string of the molecule is COC[C@@]1(O)CC[C@H]2[C@H](CC[C@@H]3[C@@H]2CC[C@]2(C)[C@@H]([C@@H](C)NC(=O)c4ccc(C#N)nc4)CC[C@@H]32)C1. The summed E-state index contributed by atoms with van der Waals surface area (Å²) in [5, 5.41) is 23.2. The Balaban J connectivity index is 1.25. The average molecular weight is 480 g/mol. The van der Waals surface area contributed by atoms with Crippen LogP contribution in [0.4, 0.5) is 0 Å². The second-order valence-electron chi connectivity index (χ2n) is 12.4. The van der Waals surface area contributed by atoms with Crippen LogP contribution in [0.25, 0.3) is 0 Å². The zero-order valence-electron chi connectivity index (χ0n) is 21.5. The molecule has 5 rings (SSSR count). The summed E-state index contributed by atoms with van der Waals surface area (Å²) in [5.74, 6) is 4.12. The summed E-state index contributed by atoms with van der Waals surface area (Å²) in [4.78, 5) is 17.0. The highest BCUT2D eigenvalue weighted by atomic mass is 16.5. The summed E-state index contributed by atoms with van der Waals surface area (Å²) in [6.07, 6.45) is 11.9. The van der Waals surface area contributed by atoms with Crippen molar-refractivity contribution in [3.8, 4) is 6.07 Å². The summed E-state index contributed by atoms with van der Waals surface area (Å²) >= 11 is 0. The summed E-state index contributed by atoms with van der Waals surface area (Å²) in [7, 11) is 1.70. The molecule has 1 aromatic heterocycles. The van der Waals surface area contributed by atoms with Gasteiger partial charge < -0.3 is 15.2 Å². The van der Waals surface area contributed by atoms with Gasteiger partial charge in [-0.05, 0) is 118 Å². The maximum Gasteiger partial charge on any atom is 0.253 e. The number of hydrogen-bond donors (Lipinski definition) is 2. The molecule has 0 bridgehead atoms. The summed E-state index contributed by atoms with van der Waals surface area (Å²) in [6, 6.07) is 5.41. The molecule has 1 amide bonds. The number of rotatable bonds is 5. The van der Waals surface area contributed by atoms with Crippen molar-refractivity contribution in [3.05, 3.63) is 29.6 Å². The van der Waals surface area contributed by atoms with Crippen molar-refractivity contribution < 1.29 is 14.6 Å². The first-order valence-electron chi connectivity index (χ1n) is 13.7. The quantitative estimate of drug-likeness (QED) is 0.637. The number of hydrogen-bond acceptors (Lipinski definition) is 5. The maximum atomic E-state index is 12.9. The second kappa shape index (κ2) is 9.48. The van der Waals surface area contributed by atoms with Crippen molar-refractivity contribution >= 4 is 5.91 Å². The van der Waals surface area contributed by atoms with Gasteiger partial charge in [0.15, 0.2) is 0 Å². The fourth-order valence-corrected chi connectivity index (χ4v) is 9.21. The minimum Gasteiger partial charge on any atom is -0.387 e. The highest BCUT2D eigenvalue weighted by Gasteiger charge is 2.58. The van der Waals surface area contributed by atoms with Crippen LogP contribution in [0.2, 0.25) is 0 Å². The Labute approximate surface area is 209 Å². The van der Waals surface area contributed by atoms with E-state index >= 15 is 0 Å². The molecule has 0 radical (unpaired) electrons. The van der Waals surface area contributed by atoms with Gasteiger partial charge in [0.25, 0.3) is 5.91 Å². The predicted octanol–water partition coefficient (Wildman–Crippen LogP) is 4.72. The summed E-state index contributed by atoms with van der Waals surface area (Å²) in [6.45, 7) is 5.14. The number of ether oxygens (including phenoxy) is 1. The van der Waals surface area contributed by atoms with Crippen molar-refractivity contribution in [1.82, 2.24) is 10.3 Å². The van der Waals surface area contributed by atoms with Gasteiger partial charge in [-0.3, -0.25) is 4.79 Å². The molecular weight excluding hydrogens is 438 g/mol. The molecule has 0 aromatic carbocycles. The number of nitrogens with zero attached hydrogens (tertiary/aromatic N) is 2. The van der Waals surface area contributed by atoms with E-state index in [9.17, 15) is 9.90 Å². The van der Waals surface area contributed by atoms with E-state index in [2.05, 4.69) is 24.1 Å². The first-order valence-corrected chi connectivity index (χ1v) is 13.7. The van der Waals surface area contributed by atoms with E-state index in [-0.39, 0.29) is 17.4 Å². The second-order valence-corrected chi connectivity index (χ2v) is 12.4. The topological polar surface area (TPSA) is 95.2 Å². The van der Waals surface area contributed by atoms with Crippen LogP contribution < -0.4 is 5.32 Å². The molecule has 6 heteroatoms. The molecule has 35 heavy (non-hydrogen) atoms. The van der Waals surface area contributed by atoms with E-state index in [4.69, 9.17) is 10.00 Å². The van der Waals surface area contributed by atoms with Gasteiger partial charge in [-0.25, -0.2) is 4.98 Å². The molecule has 0 saturated heterocycles. The van der Waals surface area contributed by atoms with Gasteiger partial charge in [0, 0.05) is 19.3 Å². The van der Waals surface area contributed by atoms with Crippen LogP contribution in [-0.2, 0) is 4.74 Å². The zero-order chi connectivity index (χ0) is 24.8. The third-order valence-electron chi connectivity index (χ3n) is 10.7. The van der Waals surface area contributed by atoms with Crippen LogP contribution >= 0.6 is 0 Å². The minimum atomic E-state index is -0.623. The lowest BCUT2D eigenvalue weighted by atomic mass is 9.48. The van der Waals surface area contributed by atoms with E-state index < -0.39 is 5.60 Å². The Morgan fingerprint density at radius 3 is 2.71 bits per heavy atom. The number of amides is 1. The lowest BCUT2D eigenvalue weighted by Gasteiger charge is -2.57. The molecule has 4 aliphatic rings. The number of pyridine rings is 1. The molecule has 4 aliphatic carbocycles. The number of aromatic nitrogens is 1. The van der Waals surface area contributed by atoms with Gasteiger partial charge in [-0.15, -0.1) is 0 Å². The van der Waals surface area contributed by atoms with Crippen molar-refractivity contribution in [1.29, 1.82) is 5.26 Å². The third kappa shape index (κ3) is 4.40. The van der Waals surface area contributed by atoms with Gasteiger partial charge in [0.05, 0.1) is 17.8 Å². The fraction of sp³-hybridized carbons (Fsp3) is 0.759. The Morgan fingerprint density at radius 1 is 1.20 bits per heavy atom. The van der Waals surface area contributed by atoms with Crippen LogP contribution in [-0.4, -0.2) is 41.4 Å². The van der Waals surface area contributed by atoms with Crippen molar-refractivity contribution in [2.24, 2.45) is 40.9 Å². The minimum absolute atomic E-state index is 0.0958. The van der Waals surface area contributed by atoms with E-state index in [1.54, 1.807) is 19.2 Å². The van der Waals surface area contributed by atoms with Gasteiger partial charge in [0.1, 0.15) is 11.8 Å². The van der Waals surface area contributed by atoms with E-state index in [1.807, 2.05) is 6.07 Å². The molecule has 6 nitrogen and oxygen atoms in total. The Hall–Kier alpha value is -1.97. The molecule has 0 aliphatic heterocycles. The number of aliphatic hydroxyl groups is 1. The number of carbonyl (C=O) groups is 1. The van der Waals surface area contributed by atoms with Gasteiger partial charge in [-0.1, -0.05) is 6.92 Å². The Kier molecular flexibility index (Phi) is 6.70. The van der Waals surface area contributed by atoms with E-state index in [0.717, 1.165) is 42.9 Å². The average Bonchev–Trinajstić information content (AvgIpc) is 3.21. The highest BCUT2D eigenvalue weighted by Crippen LogP contribution is 2.65. The molecular formula is C29H41N3O3. The normalized spacial score (nSPS) is 41.1. The van der Waals surface area contributed by atoms with Crippen LogP contribution in [0.5, 0.6) is 0 Å². The van der Waals surface area contributed by atoms with Gasteiger partial charge >= 0.3 is 0 Å². The largest absolute Gasteiger partial charge is 0.387 e. The maximum absolute atomic E-state index is 12.9. The number of nitrogens with one attached hydrogen (secondary N) is 1. The van der Waals surface area contributed by atoms with Gasteiger partial charge in [0.2, 0.25) is 0 Å². The molecule has 1 aromatic rings. The predicted molar refractivity (Wildman–Crippen MR) is 133 cm³/mol. The first kappa shape index (κ1) is 24.7. The molecule has 2 N–H and O–H groups in total. The zero-order valence-corrected chi connectivity index (χ0v) is 21.5. The molecule has 0 spiro atoms. The van der Waals surface area contributed by atoms with Crippen molar-refractivity contribution in [2.75, 3.05) is 13.7 Å². The summed E-state index contributed by atoms with van der Waals surface area (Å²) in [5.41, 5.74) is 0.495. The smallest absolute Gasteiger partial charge is 0.253 e. The molecule has 190 valence electrons. The Bertz CT molecular complexity index is 974. The Morgan fingerprint density at radius 2 is 2.00 bits per heavy atom. The monoisotopic (exact) mass is 479 g/mol. The van der Waals surface area contributed by atoms with Crippen LogP contribution in [0.15, 0.2) is 18.3 Å². The standard InChI is InChI=1S/C29H41N3O3/c1-18(32-27(33)20-4-6-21(15-30)31-16-20)25-8-9-26-24-7-5-19-14-29(34,17-35-3)13-11-22(19)23(24)10-12-28(25,26)2/h4,6,16,18-19,22-26,34H,5,7-14,17H2,1-3H3,(H,32,33)/t18-,19-,22+,23-,24-,25-,26+,28-,29-/m1/s1. The first-order chi connectivity index (χ1) is 16.8. The molecule has 1 heterocycles. The molecule has 0 unspecified atom stereocenters. The van der Waals surface area contributed by atoms with E-state index in [1.165, 1.54) is 44.7 Å². The van der Waals surface area contributed by atoms with Crippen LogP contribution in [0.1, 0.15) is 87.7 Å².